The van der Waals surface area contributed by atoms with Crippen LogP contribution in [0.1, 0.15) is 28.6 Å². The topological polar surface area (TPSA) is 43.8 Å². The van der Waals surface area contributed by atoms with E-state index < -0.39 is 0 Å². The van der Waals surface area contributed by atoms with Crippen molar-refractivity contribution < 1.29 is 4.39 Å². The first kappa shape index (κ1) is 14.2. The zero-order valence-corrected chi connectivity index (χ0v) is 12.8. The first-order chi connectivity index (χ1) is 8.91. The van der Waals surface area contributed by atoms with Gasteiger partial charge in [0.2, 0.25) is 0 Å². The number of hydrogen-bond acceptors (Lipinski definition) is 2. The minimum atomic E-state index is -0.376. The van der Waals surface area contributed by atoms with Gasteiger partial charge in [0.25, 0.3) is 0 Å². The Bertz CT molecular complexity index is 607. The van der Waals surface area contributed by atoms with E-state index in [4.69, 9.17) is 5.73 Å². The monoisotopic (exact) mass is 325 g/mol. The standard InChI is InChI=1S/C14H17BrFN3/c1-8-11(9(2)19(3)18-8)7-13(17)10-5-4-6-12(15)14(10)16/h4-6,13H,7,17H2,1-3H3. The fourth-order valence-corrected chi connectivity index (χ4v) is 2.63. The predicted molar refractivity (Wildman–Crippen MR) is 77.4 cm³/mol. The molecule has 19 heavy (non-hydrogen) atoms. The Labute approximate surface area is 120 Å². The first-order valence-corrected chi connectivity index (χ1v) is 6.89. The Morgan fingerprint density at radius 1 is 1.42 bits per heavy atom. The van der Waals surface area contributed by atoms with E-state index >= 15 is 0 Å². The molecule has 2 rings (SSSR count). The molecule has 0 aliphatic rings. The zero-order valence-electron chi connectivity index (χ0n) is 11.2. The smallest absolute Gasteiger partial charge is 0.142 e. The van der Waals surface area contributed by atoms with E-state index in [0.29, 0.717) is 16.5 Å². The molecule has 0 saturated carbocycles. The summed E-state index contributed by atoms with van der Waals surface area (Å²) in [4.78, 5) is 0. The second kappa shape index (κ2) is 5.43. The molecular formula is C14H17BrFN3. The fourth-order valence-electron chi connectivity index (χ4n) is 2.25. The van der Waals surface area contributed by atoms with Gasteiger partial charge in [-0.2, -0.15) is 5.10 Å². The molecule has 0 aliphatic carbocycles. The van der Waals surface area contributed by atoms with Crippen molar-refractivity contribution in [3.63, 3.8) is 0 Å². The molecule has 0 spiro atoms. The van der Waals surface area contributed by atoms with Gasteiger partial charge < -0.3 is 5.73 Å². The molecule has 2 N–H and O–H groups in total. The lowest BCUT2D eigenvalue weighted by atomic mass is 9.98. The molecule has 0 saturated heterocycles. The maximum atomic E-state index is 14.0. The second-order valence-corrected chi connectivity index (χ2v) is 5.58. The maximum Gasteiger partial charge on any atom is 0.142 e. The van der Waals surface area contributed by atoms with Crippen LogP contribution in [0.3, 0.4) is 0 Å². The van der Waals surface area contributed by atoms with Crippen molar-refractivity contribution in [2.45, 2.75) is 26.3 Å². The van der Waals surface area contributed by atoms with E-state index in [1.165, 1.54) is 0 Å². The minimum absolute atomic E-state index is 0.283. The lowest BCUT2D eigenvalue weighted by Gasteiger charge is -2.14. The van der Waals surface area contributed by atoms with Gasteiger partial charge >= 0.3 is 0 Å². The third-order valence-corrected chi connectivity index (χ3v) is 4.08. The number of aryl methyl sites for hydroxylation is 2. The number of nitrogens with zero attached hydrogens (tertiary/aromatic N) is 2. The molecule has 1 aromatic heterocycles. The molecule has 0 radical (unpaired) electrons. The van der Waals surface area contributed by atoms with Crippen LogP contribution in [0.4, 0.5) is 4.39 Å². The third kappa shape index (κ3) is 2.72. The molecule has 2 aromatic rings. The molecular weight excluding hydrogens is 309 g/mol. The molecule has 3 nitrogen and oxygen atoms in total. The van der Waals surface area contributed by atoms with Crippen LogP contribution in [-0.4, -0.2) is 9.78 Å². The molecule has 1 unspecified atom stereocenters. The molecule has 1 heterocycles. The molecule has 0 bridgehead atoms. The van der Waals surface area contributed by atoms with Gasteiger partial charge in [0.1, 0.15) is 5.82 Å². The van der Waals surface area contributed by atoms with E-state index in [1.54, 1.807) is 18.2 Å². The predicted octanol–water partition coefficient (Wildman–Crippen LogP) is 3.18. The highest BCUT2D eigenvalue weighted by molar-refractivity contribution is 9.10. The molecule has 1 atom stereocenters. The van der Waals surface area contributed by atoms with E-state index in [0.717, 1.165) is 17.0 Å². The largest absolute Gasteiger partial charge is 0.324 e. The molecule has 0 aliphatic heterocycles. The van der Waals surface area contributed by atoms with Gasteiger partial charge in [0, 0.05) is 24.3 Å². The average Bonchev–Trinajstić information content (AvgIpc) is 2.59. The van der Waals surface area contributed by atoms with Gasteiger partial charge in [0.05, 0.1) is 10.2 Å². The number of benzene rings is 1. The molecule has 102 valence electrons. The summed E-state index contributed by atoms with van der Waals surface area (Å²) >= 11 is 3.19. The number of nitrogens with two attached hydrogens (primary N) is 1. The van der Waals surface area contributed by atoms with Crippen molar-refractivity contribution >= 4 is 15.9 Å². The number of aromatic nitrogens is 2. The third-order valence-electron chi connectivity index (χ3n) is 3.46. The van der Waals surface area contributed by atoms with Crippen molar-refractivity contribution in [3.05, 3.63) is 51.0 Å². The van der Waals surface area contributed by atoms with Crippen molar-refractivity contribution in [3.8, 4) is 0 Å². The summed E-state index contributed by atoms with van der Waals surface area (Å²) in [6, 6.07) is 4.82. The Kier molecular flexibility index (Phi) is 4.06. The van der Waals surface area contributed by atoms with E-state index in [9.17, 15) is 4.39 Å². The summed E-state index contributed by atoms with van der Waals surface area (Å²) in [6.07, 6.45) is 0.582. The number of rotatable bonds is 3. The lowest BCUT2D eigenvalue weighted by Crippen LogP contribution is -2.16. The summed E-state index contributed by atoms with van der Waals surface area (Å²) in [5.41, 5.74) is 9.79. The van der Waals surface area contributed by atoms with Gasteiger partial charge in [-0.05, 0) is 47.8 Å². The zero-order chi connectivity index (χ0) is 14.2. The van der Waals surface area contributed by atoms with E-state index in [2.05, 4.69) is 21.0 Å². The Morgan fingerprint density at radius 3 is 2.68 bits per heavy atom. The molecule has 0 fully saturated rings. The van der Waals surface area contributed by atoms with Gasteiger partial charge in [0.15, 0.2) is 0 Å². The molecule has 5 heteroatoms. The van der Waals surface area contributed by atoms with Gasteiger partial charge in [-0.1, -0.05) is 12.1 Å². The first-order valence-electron chi connectivity index (χ1n) is 6.10. The van der Waals surface area contributed by atoms with Crippen molar-refractivity contribution in [2.24, 2.45) is 12.8 Å². The van der Waals surface area contributed by atoms with Crippen LogP contribution in [0.25, 0.3) is 0 Å². The summed E-state index contributed by atoms with van der Waals surface area (Å²) in [7, 11) is 1.90. The van der Waals surface area contributed by atoms with Crippen LogP contribution in [0, 0.1) is 19.7 Å². The van der Waals surface area contributed by atoms with Gasteiger partial charge in [-0.3, -0.25) is 4.68 Å². The Balaban J connectivity index is 2.31. The lowest BCUT2D eigenvalue weighted by molar-refractivity contribution is 0.574. The quantitative estimate of drug-likeness (QED) is 0.941. The SMILES string of the molecule is Cc1nn(C)c(C)c1CC(N)c1cccc(Br)c1F. The molecule has 1 aromatic carbocycles. The normalized spacial score (nSPS) is 12.7. The van der Waals surface area contributed by atoms with E-state index in [-0.39, 0.29) is 11.9 Å². The van der Waals surface area contributed by atoms with Gasteiger partial charge in [-0.15, -0.1) is 0 Å². The highest BCUT2D eigenvalue weighted by Gasteiger charge is 2.18. The van der Waals surface area contributed by atoms with Crippen LogP contribution in [0.5, 0.6) is 0 Å². The van der Waals surface area contributed by atoms with Crippen LogP contribution in [0.15, 0.2) is 22.7 Å². The van der Waals surface area contributed by atoms with Crippen molar-refractivity contribution in [2.75, 3.05) is 0 Å². The van der Waals surface area contributed by atoms with Crippen LogP contribution >= 0.6 is 15.9 Å². The number of hydrogen-bond donors (Lipinski definition) is 1. The Hall–Kier alpha value is -1.20. The number of halogens is 2. The summed E-state index contributed by atoms with van der Waals surface area (Å²) < 4.78 is 16.3. The summed E-state index contributed by atoms with van der Waals surface area (Å²) in [5, 5.41) is 4.36. The van der Waals surface area contributed by atoms with Crippen LogP contribution in [-0.2, 0) is 13.5 Å². The van der Waals surface area contributed by atoms with E-state index in [1.807, 2.05) is 25.6 Å². The maximum absolute atomic E-state index is 14.0. The van der Waals surface area contributed by atoms with Crippen LogP contribution in [0.2, 0.25) is 0 Å². The highest BCUT2D eigenvalue weighted by Crippen LogP contribution is 2.26. The summed E-state index contributed by atoms with van der Waals surface area (Å²) in [5.74, 6) is -0.283. The molecule has 0 amide bonds. The Morgan fingerprint density at radius 2 is 2.11 bits per heavy atom. The van der Waals surface area contributed by atoms with Crippen LogP contribution < -0.4 is 5.73 Å². The van der Waals surface area contributed by atoms with Gasteiger partial charge in [-0.25, -0.2) is 4.39 Å². The minimum Gasteiger partial charge on any atom is -0.324 e. The second-order valence-electron chi connectivity index (χ2n) is 4.73. The van der Waals surface area contributed by atoms with Crippen molar-refractivity contribution in [1.82, 2.24) is 9.78 Å². The average molecular weight is 326 g/mol. The highest BCUT2D eigenvalue weighted by atomic mass is 79.9. The fraction of sp³-hybridized carbons (Fsp3) is 0.357. The summed E-state index contributed by atoms with van der Waals surface area (Å²) in [6.45, 7) is 3.95. The van der Waals surface area contributed by atoms with Crippen molar-refractivity contribution in [1.29, 1.82) is 0 Å².